The summed E-state index contributed by atoms with van der Waals surface area (Å²) in [5.41, 5.74) is 1.22. The van der Waals surface area contributed by atoms with E-state index in [0.29, 0.717) is 32.1 Å². The summed E-state index contributed by atoms with van der Waals surface area (Å²) in [7, 11) is 0. The van der Waals surface area contributed by atoms with Gasteiger partial charge in [-0.25, -0.2) is 0 Å². The van der Waals surface area contributed by atoms with Crippen molar-refractivity contribution in [2.45, 2.75) is 63.3 Å². The molecule has 1 aromatic rings. The molecule has 5 nitrogen and oxygen atoms in total. The summed E-state index contributed by atoms with van der Waals surface area (Å²) in [5.74, 6) is -1.06. The monoisotopic (exact) mass is 394 g/mol. The van der Waals surface area contributed by atoms with Gasteiger partial charge in [0.15, 0.2) is 0 Å². The van der Waals surface area contributed by atoms with Crippen LogP contribution in [0.25, 0.3) is 0 Å². The highest BCUT2D eigenvalue weighted by Crippen LogP contribution is 2.36. The fraction of sp³-hybridized carbons (Fsp3) is 0.571. The Hall–Kier alpha value is -1.47. The van der Waals surface area contributed by atoms with Gasteiger partial charge in [-0.1, -0.05) is 24.3 Å². The normalized spacial score (nSPS) is 26.9. The molecule has 1 aliphatic carbocycles. The van der Waals surface area contributed by atoms with E-state index < -0.39 is 24.3 Å². The Labute approximate surface area is 164 Å². The Morgan fingerprint density at radius 1 is 1.30 bits per heavy atom. The van der Waals surface area contributed by atoms with Gasteiger partial charge in [0.1, 0.15) is 0 Å². The molecule has 150 valence electrons. The highest BCUT2D eigenvalue weighted by Gasteiger charge is 2.39. The number of unbranched alkanes of at least 4 members (excludes halogenated alkanes) is 1. The van der Waals surface area contributed by atoms with Crippen molar-refractivity contribution < 1.29 is 25.2 Å². The van der Waals surface area contributed by atoms with Crippen molar-refractivity contribution in [2.75, 3.05) is 0 Å². The van der Waals surface area contributed by atoms with Crippen LogP contribution in [0.4, 0.5) is 0 Å². The van der Waals surface area contributed by atoms with Gasteiger partial charge >= 0.3 is 5.97 Å². The molecule has 1 saturated carbocycles. The van der Waals surface area contributed by atoms with E-state index in [1.54, 1.807) is 17.4 Å². The maximum atomic E-state index is 10.5. The van der Waals surface area contributed by atoms with Crippen molar-refractivity contribution in [3.63, 3.8) is 0 Å². The van der Waals surface area contributed by atoms with E-state index in [4.69, 9.17) is 5.11 Å². The van der Waals surface area contributed by atoms with E-state index in [1.807, 2.05) is 23.6 Å². The molecule has 0 unspecified atom stereocenters. The first kappa shape index (κ1) is 21.8. The average Bonchev–Trinajstić information content (AvgIpc) is 3.22. The van der Waals surface area contributed by atoms with Gasteiger partial charge in [0, 0.05) is 18.8 Å². The largest absolute Gasteiger partial charge is 0.481 e. The van der Waals surface area contributed by atoms with Crippen LogP contribution in [0.5, 0.6) is 0 Å². The van der Waals surface area contributed by atoms with Gasteiger partial charge in [0.25, 0.3) is 0 Å². The third-order valence-electron chi connectivity index (χ3n) is 5.12. The molecular weight excluding hydrogens is 364 g/mol. The highest BCUT2D eigenvalue weighted by atomic mass is 32.1. The van der Waals surface area contributed by atoms with Gasteiger partial charge in [0.05, 0.1) is 18.3 Å². The van der Waals surface area contributed by atoms with Crippen molar-refractivity contribution >= 4 is 17.3 Å². The fourth-order valence-corrected chi connectivity index (χ4v) is 4.25. The number of hydrogen-bond acceptors (Lipinski definition) is 5. The third kappa shape index (κ3) is 7.58. The highest BCUT2D eigenvalue weighted by molar-refractivity contribution is 7.07. The molecule has 0 spiro atoms. The predicted octanol–water partition coefficient (Wildman–Crippen LogP) is 3.16. The molecular formula is C21H30O5S. The number of aliphatic carboxylic acids is 1. The van der Waals surface area contributed by atoms with Gasteiger partial charge in [-0.05, 0) is 60.4 Å². The van der Waals surface area contributed by atoms with Gasteiger partial charge < -0.3 is 20.4 Å². The molecule has 27 heavy (non-hydrogen) atoms. The molecule has 0 saturated heterocycles. The number of aryl methyl sites for hydroxylation is 1. The van der Waals surface area contributed by atoms with Crippen LogP contribution in [0.1, 0.15) is 44.1 Å². The van der Waals surface area contributed by atoms with Gasteiger partial charge in [-0.2, -0.15) is 11.3 Å². The first-order valence-electron chi connectivity index (χ1n) is 9.57. The van der Waals surface area contributed by atoms with Crippen LogP contribution in [0.15, 0.2) is 41.1 Å². The standard InChI is InChI=1S/C21H30O5S/c22-16(8-7-15-11-12-27-14-15)9-10-18-17(19(23)13-20(18)24)5-3-1-2-4-6-21(25)26/h1,3,9-12,14,16-20,22-24H,2,4-8,13H2,(H,25,26)/t16-,17-,18-,19+,20-/m1/s1. The SMILES string of the molecule is O=C(O)CCCC=CC[C@@H]1[C@@H](C=C[C@H](O)CCc2ccsc2)[C@H](O)C[C@@H]1O. The lowest BCUT2D eigenvalue weighted by Crippen LogP contribution is -2.20. The Morgan fingerprint density at radius 3 is 2.81 bits per heavy atom. The molecule has 0 radical (unpaired) electrons. The van der Waals surface area contributed by atoms with Crippen LogP contribution in [0, 0.1) is 11.8 Å². The molecule has 1 aromatic heterocycles. The quantitative estimate of drug-likeness (QED) is 0.341. The summed E-state index contributed by atoms with van der Waals surface area (Å²) < 4.78 is 0. The lowest BCUT2D eigenvalue weighted by Gasteiger charge is -2.19. The number of hydrogen-bond donors (Lipinski definition) is 4. The number of carboxylic acids is 1. The second-order valence-corrected chi connectivity index (χ2v) is 8.01. The summed E-state index contributed by atoms with van der Waals surface area (Å²) in [5, 5.41) is 43.4. The van der Waals surface area contributed by atoms with E-state index >= 15 is 0 Å². The van der Waals surface area contributed by atoms with Gasteiger partial charge in [-0.15, -0.1) is 0 Å². The van der Waals surface area contributed by atoms with Crippen molar-refractivity contribution in [2.24, 2.45) is 11.8 Å². The Balaban J connectivity index is 1.81. The molecule has 1 aliphatic rings. The summed E-state index contributed by atoms with van der Waals surface area (Å²) in [6, 6.07) is 2.05. The first-order valence-corrected chi connectivity index (χ1v) is 10.5. The number of rotatable bonds is 11. The molecule has 2 rings (SSSR count). The molecule has 1 fully saturated rings. The minimum atomic E-state index is -0.791. The topological polar surface area (TPSA) is 98.0 Å². The smallest absolute Gasteiger partial charge is 0.303 e. The van der Waals surface area contributed by atoms with E-state index in [1.165, 1.54) is 5.56 Å². The van der Waals surface area contributed by atoms with Gasteiger partial charge in [0.2, 0.25) is 0 Å². The minimum absolute atomic E-state index is 0.0870. The van der Waals surface area contributed by atoms with Crippen LogP contribution < -0.4 is 0 Å². The van der Waals surface area contributed by atoms with E-state index in [2.05, 4.69) is 11.4 Å². The Bertz CT molecular complexity index is 610. The number of allylic oxidation sites excluding steroid dienone is 2. The summed E-state index contributed by atoms with van der Waals surface area (Å²) in [6.45, 7) is 0. The zero-order valence-electron chi connectivity index (χ0n) is 15.5. The fourth-order valence-electron chi connectivity index (χ4n) is 3.55. The Morgan fingerprint density at radius 2 is 2.11 bits per heavy atom. The minimum Gasteiger partial charge on any atom is -0.481 e. The number of aliphatic hydroxyl groups excluding tert-OH is 3. The number of carbonyl (C=O) groups is 1. The third-order valence-corrected chi connectivity index (χ3v) is 5.85. The van der Waals surface area contributed by atoms with Crippen molar-refractivity contribution in [1.29, 1.82) is 0 Å². The summed E-state index contributed by atoms with van der Waals surface area (Å²) in [4.78, 5) is 10.5. The van der Waals surface area contributed by atoms with Crippen LogP contribution in [0.3, 0.4) is 0 Å². The van der Waals surface area contributed by atoms with Crippen molar-refractivity contribution in [1.82, 2.24) is 0 Å². The molecule has 0 aliphatic heterocycles. The molecule has 0 bridgehead atoms. The van der Waals surface area contributed by atoms with E-state index in [9.17, 15) is 20.1 Å². The molecule has 0 aromatic carbocycles. The predicted molar refractivity (Wildman–Crippen MR) is 107 cm³/mol. The summed E-state index contributed by atoms with van der Waals surface area (Å²) in [6.07, 6.45) is 9.62. The maximum Gasteiger partial charge on any atom is 0.303 e. The lowest BCUT2D eigenvalue weighted by molar-refractivity contribution is -0.137. The van der Waals surface area contributed by atoms with E-state index in [-0.39, 0.29) is 18.3 Å². The van der Waals surface area contributed by atoms with Gasteiger partial charge in [-0.3, -0.25) is 4.79 Å². The second-order valence-electron chi connectivity index (χ2n) is 7.23. The number of thiophene rings is 1. The second kappa shape index (κ2) is 11.4. The van der Waals surface area contributed by atoms with Crippen LogP contribution in [0.2, 0.25) is 0 Å². The zero-order valence-corrected chi connectivity index (χ0v) is 16.3. The van der Waals surface area contributed by atoms with Crippen LogP contribution in [-0.2, 0) is 11.2 Å². The molecule has 6 heteroatoms. The maximum absolute atomic E-state index is 10.5. The number of aliphatic hydroxyl groups is 3. The summed E-state index contributed by atoms with van der Waals surface area (Å²) >= 11 is 1.64. The molecule has 1 heterocycles. The molecule has 0 amide bonds. The van der Waals surface area contributed by atoms with Crippen LogP contribution in [-0.4, -0.2) is 44.7 Å². The van der Waals surface area contributed by atoms with E-state index in [0.717, 1.165) is 6.42 Å². The lowest BCUT2D eigenvalue weighted by atomic mass is 9.89. The van der Waals surface area contributed by atoms with Crippen molar-refractivity contribution in [3.8, 4) is 0 Å². The average molecular weight is 395 g/mol. The zero-order chi connectivity index (χ0) is 19.6. The molecule has 5 atom stereocenters. The number of carboxylic acid groups (broad SMARTS) is 1. The van der Waals surface area contributed by atoms with Crippen molar-refractivity contribution in [3.05, 3.63) is 46.7 Å². The van der Waals surface area contributed by atoms with Crippen LogP contribution >= 0.6 is 11.3 Å². The molecule has 4 N–H and O–H groups in total. The Kier molecular flexibility index (Phi) is 9.21. The first-order chi connectivity index (χ1) is 13.0.